The Kier molecular flexibility index (Phi) is 3.76. The molecule has 0 saturated carbocycles. The summed E-state index contributed by atoms with van der Waals surface area (Å²) in [5.41, 5.74) is 9.41. The molecule has 0 aliphatic rings. The molecule has 1 heterocycles. The maximum Gasteiger partial charge on any atom is 0.171 e. The van der Waals surface area contributed by atoms with Gasteiger partial charge in [0.25, 0.3) is 0 Å². The van der Waals surface area contributed by atoms with Crippen molar-refractivity contribution in [3.8, 4) is 22.8 Å². The molecule has 0 atom stereocenters. The van der Waals surface area contributed by atoms with Crippen LogP contribution in [-0.2, 0) is 6.54 Å². The van der Waals surface area contributed by atoms with E-state index in [9.17, 15) is 0 Å². The summed E-state index contributed by atoms with van der Waals surface area (Å²) in [4.78, 5) is 0. The Balaban J connectivity index is 2.61. The van der Waals surface area contributed by atoms with Crippen LogP contribution in [0.3, 0.4) is 0 Å². The Hall–Kier alpha value is -2.01. The maximum atomic E-state index is 5.75. The van der Waals surface area contributed by atoms with Crippen LogP contribution in [-0.4, -0.2) is 19.4 Å². The first-order chi connectivity index (χ1) is 9.12. The van der Waals surface area contributed by atoms with Gasteiger partial charge in [-0.3, -0.25) is 0 Å². The van der Waals surface area contributed by atoms with Crippen LogP contribution in [0.4, 0.5) is 0 Å². The topological polar surface area (TPSA) is 70.5 Å². The summed E-state index contributed by atoms with van der Waals surface area (Å²) in [5, 5.41) is 3.98. The Bertz CT molecular complexity index is 591. The third-order valence-corrected chi connectivity index (χ3v) is 3.16. The molecular formula is C14H18N2O3. The molecule has 0 spiro atoms. The Morgan fingerprint density at radius 1 is 1.16 bits per heavy atom. The molecule has 0 aliphatic heterocycles. The normalized spacial score (nSPS) is 10.6. The molecule has 0 saturated heterocycles. The summed E-state index contributed by atoms with van der Waals surface area (Å²) in [5.74, 6) is 2.04. The van der Waals surface area contributed by atoms with Crippen LogP contribution in [0.25, 0.3) is 11.3 Å². The molecule has 102 valence electrons. The van der Waals surface area contributed by atoms with E-state index in [0.717, 1.165) is 22.4 Å². The van der Waals surface area contributed by atoms with Crippen molar-refractivity contribution >= 4 is 0 Å². The van der Waals surface area contributed by atoms with Crippen LogP contribution in [0, 0.1) is 13.8 Å². The molecule has 0 fully saturated rings. The lowest BCUT2D eigenvalue weighted by Gasteiger charge is -2.11. The molecule has 1 aromatic carbocycles. The second kappa shape index (κ2) is 5.32. The van der Waals surface area contributed by atoms with Gasteiger partial charge < -0.3 is 19.7 Å². The lowest BCUT2D eigenvalue weighted by molar-refractivity contribution is 0.354. The van der Waals surface area contributed by atoms with Gasteiger partial charge in [0.15, 0.2) is 17.3 Å². The molecular weight excluding hydrogens is 244 g/mol. The van der Waals surface area contributed by atoms with Gasteiger partial charge in [0.2, 0.25) is 0 Å². The van der Waals surface area contributed by atoms with Crippen molar-refractivity contribution < 1.29 is 14.0 Å². The summed E-state index contributed by atoms with van der Waals surface area (Å²) in [6, 6.07) is 3.79. The molecule has 2 N–H and O–H groups in total. The molecule has 0 aliphatic carbocycles. The molecule has 5 nitrogen and oxygen atoms in total. The molecule has 0 radical (unpaired) electrons. The van der Waals surface area contributed by atoms with E-state index in [-0.39, 0.29) is 0 Å². The third-order valence-electron chi connectivity index (χ3n) is 3.16. The highest BCUT2D eigenvalue weighted by Gasteiger charge is 2.18. The molecule has 2 rings (SSSR count). The van der Waals surface area contributed by atoms with Gasteiger partial charge in [0, 0.05) is 17.7 Å². The highest BCUT2D eigenvalue weighted by Crippen LogP contribution is 2.37. The number of aryl methyl sites for hydroxylation is 2. The standard InChI is InChI=1S/C14H18N2O3/c1-8-5-12(17-3)13(18-4)6-10(8)14-11(7-15)9(2)16-19-14/h5-6H,7,15H2,1-4H3. The van der Waals surface area contributed by atoms with E-state index in [1.54, 1.807) is 14.2 Å². The van der Waals surface area contributed by atoms with Crippen LogP contribution in [0.5, 0.6) is 11.5 Å². The van der Waals surface area contributed by atoms with Crippen molar-refractivity contribution in [2.24, 2.45) is 5.73 Å². The Labute approximate surface area is 112 Å². The van der Waals surface area contributed by atoms with Gasteiger partial charge in [-0.1, -0.05) is 5.16 Å². The van der Waals surface area contributed by atoms with Crippen LogP contribution in [0.2, 0.25) is 0 Å². The van der Waals surface area contributed by atoms with Crippen molar-refractivity contribution in [2.45, 2.75) is 20.4 Å². The van der Waals surface area contributed by atoms with Gasteiger partial charge in [-0.25, -0.2) is 0 Å². The lowest BCUT2D eigenvalue weighted by Crippen LogP contribution is -2.00. The fourth-order valence-corrected chi connectivity index (χ4v) is 2.07. The van der Waals surface area contributed by atoms with Crippen LogP contribution < -0.4 is 15.2 Å². The van der Waals surface area contributed by atoms with Gasteiger partial charge in [0.1, 0.15) is 0 Å². The number of rotatable bonds is 4. The molecule has 1 aromatic heterocycles. The molecule has 0 amide bonds. The highest BCUT2D eigenvalue weighted by atomic mass is 16.5. The Morgan fingerprint density at radius 3 is 2.37 bits per heavy atom. The molecule has 0 bridgehead atoms. The molecule has 19 heavy (non-hydrogen) atoms. The minimum absolute atomic E-state index is 0.387. The minimum Gasteiger partial charge on any atom is -0.493 e. The zero-order chi connectivity index (χ0) is 14.0. The number of hydrogen-bond acceptors (Lipinski definition) is 5. The number of ether oxygens (including phenoxy) is 2. The summed E-state index contributed by atoms with van der Waals surface area (Å²) >= 11 is 0. The van der Waals surface area contributed by atoms with E-state index in [1.807, 2.05) is 26.0 Å². The fraction of sp³-hybridized carbons (Fsp3) is 0.357. The van der Waals surface area contributed by atoms with E-state index in [0.29, 0.717) is 23.8 Å². The average Bonchev–Trinajstić information content (AvgIpc) is 2.79. The van der Waals surface area contributed by atoms with E-state index < -0.39 is 0 Å². The molecule has 2 aromatic rings. The van der Waals surface area contributed by atoms with E-state index in [2.05, 4.69) is 5.16 Å². The van der Waals surface area contributed by atoms with E-state index in [1.165, 1.54) is 0 Å². The van der Waals surface area contributed by atoms with Crippen molar-refractivity contribution in [3.63, 3.8) is 0 Å². The second-order valence-corrected chi connectivity index (χ2v) is 4.30. The van der Waals surface area contributed by atoms with Gasteiger partial charge in [0.05, 0.1) is 19.9 Å². The zero-order valence-corrected chi connectivity index (χ0v) is 11.6. The minimum atomic E-state index is 0.387. The van der Waals surface area contributed by atoms with Gasteiger partial charge in [-0.2, -0.15) is 0 Å². The number of methoxy groups -OCH3 is 2. The number of nitrogens with zero attached hydrogens (tertiary/aromatic N) is 1. The predicted molar refractivity (Wildman–Crippen MR) is 72.4 cm³/mol. The SMILES string of the molecule is COc1cc(C)c(-c2onc(C)c2CN)cc1OC. The van der Waals surface area contributed by atoms with Crippen molar-refractivity contribution in [1.29, 1.82) is 0 Å². The first-order valence-corrected chi connectivity index (χ1v) is 6.00. The number of benzene rings is 1. The van der Waals surface area contributed by atoms with E-state index in [4.69, 9.17) is 19.7 Å². The summed E-state index contributed by atoms with van der Waals surface area (Å²) in [6.45, 7) is 4.25. The van der Waals surface area contributed by atoms with Gasteiger partial charge in [-0.15, -0.1) is 0 Å². The second-order valence-electron chi connectivity index (χ2n) is 4.30. The van der Waals surface area contributed by atoms with Crippen LogP contribution in [0.1, 0.15) is 16.8 Å². The van der Waals surface area contributed by atoms with Gasteiger partial charge >= 0.3 is 0 Å². The lowest BCUT2D eigenvalue weighted by atomic mass is 10.0. The number of hydrogen-bond donors (Lipinski definition) is 1. The van der Waals surface area contributed by atoms with Crippen molar-refractivity contribution in [3.05, 3.63) is 29.0 Å². The monoisotopic (exact) mass is 262 g/mol. The van der Waals surface area contributed by atoms with E-state index >= 15 is 0 Å². The fourth-order valence-electron chi connectivity index (χ4n) is 2.07. The van der Waals surface area contributed by atoms with Crippen molar-refractivity contribution in [2.75, 3.05) is 14.2 Å². The quantitative estimate of drug-likeness (QED) is 0.916. The largest absolute Gasteiger partial charge is 0.493 e. The van der Waals surface area contributed by atoms with Crippen LogP contribution >= 0.6 is 0 Å². The third kappa shape index (κ3) is 2.29. The Morgan fingerprint density at radius 2 is 1.79 bits per heavy atom. The molecule has 0 unspecified atom stereocenters. The first kappa shape index (κ1) is 13.4. The van der Waals surface area contributed by atoms with Crippen molar-refractivity contribution in [1.82, 2.24) is 5.16 Å². The maximum absolute atomic E-state index is 5.75. The summed E-state index contributed by atoms with van der Waals surface area (Å²) in [6.07, 6.45) is 0. The predicted octanol–water partition coefficient (Wildman–Crippen LogP) is 2.43. The highest BCUT2D eigenvalue weighted by molar-refractivity contribution is 5.69. The number of nitrogens with two attached hydrogens (primary N) is 1. The summed E-state index contributed by atoms with van der Waals surface area (Å²) < 4.78 is 16.0. The summed E-state index contributed by atoms with van der Waals surface area (Å²) in [7, 11) is 3.22. The van der Waals surface area contributed by atoms with Gasteiger partial charge in [-0.05, 0) is 31.5 Å². The first-order valence-electron chi connectivity index (χ1n) is 6.00. The smallest absolute Gasteiger partial charge is 0.171 e. The molecule has 5 heteroatoms. The zero-order valence-electron chi connectivity index (χ0n) is 11.6. The average molecular weight is 262 g/mol. The van der Waals surface area contributed by atoms with Crippen LogP contribution in [0.15, 0.2) is 16.7 Å². The number of aromatic nitrogens is 1.